The Morgan fingerprint density at radius 2 is 1.75 bits per heavy atom. The Balaban J connectivity index is 2.14. The van der Waals surface area contributed by atoms with Crippen molar-refractivity contribution in [2.24, 2.45) is 0 Å². The zero-order chi connectivity index (χ0) is 14.3. The van der Waals surface area contributed by atoms with Crippen LogP contribution in [0, 0.1) is 25.6 Å². The van der Waals surface area contributed by atoms with E-state index in [1.165, 1.54) is 18.5 Å². The van der Waals surface area contributed by atoms with Gasteiger partial charge in [0.2, 0.25) is 5.95 Å². The molecule has 5 heteroatoms. The van der Waals surface area contributed by atoms with Crippen LogP contribution in [0.5, 0.6) is 0 Å². The first-order valence-corrected chi connectivity index (χ1v) is 6.28. The van der Waals surface area contributed by atoms with Gasteiger partial charge in [-0.3, -0.25) is 0 Å². The van der Waals surface area contributed by atoms with Crippen molar-refractivity contribution < 1.29 is 8.78 Å². The van der Waals surface area contributed by atoms with Crippen molar-refractivity contribution in [1.29, 1.82) is 0 Å². The van der Waals surface area contributed by atoms with Crippen LogP contribution < -0.4 is 0 Å². The van der Waals surface area contributed by atoms with Crippen LogP contribution in [-0.2, 0) is 6.54 Å². The topological polar surface area (TPSA) is 30.7 Å². The van der Waals surface area contributed by atoms with Gasteiger partial charge in [0.15, 0.2) is 0 Å². The van der Waals surface area contributed by atoms with E-state index in [0.717, 1.165) is 16.8 Å². The molecule has 0 aliphatic rings. The van der Waals surface area contributed by atoms with Crippen molar-refractivity contribution in [1.82, 2.24) is 14.5 Å². The number of hydrogen-bond acceptors (Lipinski definition) is 2. The fourth-order valence-corrected chi connectivity index (χ4v) is 2.39. The first-order chi connectivity index (χ1) is 9.58. The number of aromatic nitrogens is 3. The van der Waals surface area contributed by atoms with Crippen molar-refractivity contribution >= 4 is 11.0 Å². The minimum absolute atomic E-state index is 0.271. The highest BCUT2D eigenvalue weighted by Gasteiger charge is 2.16. The first kappa shape index (κ1) is 12.7. The molecule has 0 aliphatic carbocycles. The Kier molecular flexibility index (Phi) is 2.97. The van der Waals surface area contributed by atoms with Crippen LogP contribution in [-0.4, -0.2) is 14.5 Å². The van der Waals surface area contributed by atoms with Gasteiger partial charge < -0.3 is 4.57 Å². The standard InChI is InChI=1S/C15H13F2N3/c1-9-10(2)20(7-11-3-5-12(16)6-4-11)15-13(9)14(17)18-8-19-15/h3-6,8H,7H2,1-2H3. The summed E-state index contributed by atoms with van der Waals surface area (Å²) >= 11 is 0. The van der Waals surface area contributed by atoms with E-state index in [4.69, 9.17) is 0 Å². The molecule has 2 heterocycles. The largest absolute Gasteiger partial charge is 0.325 e. The molecule has 3 nitrogen and oxygen atoms in total. The summed E-state index contributed by atoms with van der Waals surface area (Å²) in [7, 11) is 0. The SMILES string of the molecule is Cc1c(C)n(Cc2ccc(F)cc2)c2ncnc(F)c12. The summed E-state index contributed by atoms with van der Waals surface area (Å²) < 4.78 is 28.7. The molecule has 3 aromatic rings. The van der Waals surface area contributed by atoms with E-state index in [0.29, 0.717) is 17.6 Å². The van der Waals surface area contributed by atoms with E-state index in [2.05, 4.69) is 9.97 Å². The summed E-state index contributed by atoms with van der Waals surface area (Å²) in [4.78, 5) is 7.78. The Morgan fingerprint density at radius 3 is 2.45 bits per heavy atom. The lowest BCUT2D eigenvalue weighted by molar-refractivity contribution is 0.592. The lowest BCUT2D eigenvalue weighted by atomic mass is 10.2. The number of halogens is 2. The average Bonchev–Trinajstić information content (AvgIpc) is 2.67. The molecule has 0 saturated heterocycles. The molecule has 0 amide bonds. The minimum atomic E-state index is -0.506. The van der Waals surface area contributed by atoms with Gasteiger partial charge in [0.05, 0.1) is 5.39 Å². The summed E-state index contributed by atoms with van der Waals surface area (Å²) in [5.41, 5.74) is 3.27. The summed E-state index contributed by atoms with van der Waals surface area (Å²) in [5, 5.41) is 0.451. The maximum absolute atomic E-state index is 13.8. The van der Waals surface area contributed by atoms with Gasteiger partial charge >= 0.3 is 0 Å². The number of nitrogens with zero attached hydrogens (tertiary/aromatic N) is 3. The monoisotopic (exact) mass is 273 g/mol. The highest BCUT2D eigenvalue weighted by atomic mass is 19.1. The van der Waals surface area contributed by atoms with Gasteiger partial charge in [0.25, 0.3) is 0 Å². The molecular weight excluding hydrogens is 260 g/mol. The van der Waals surface area contributed by atoms with Crippen LogP contribution in [0.4, 0.5) is 8.78 Å². The average molecular weight is 273 g/mol. The number of hydrogen-bond donors (Lipinski definition) is 0. The van der Waals surface area contributed by atoms with Crippen LogP contribution in [0.3, 0.4) is 0 Å². The smallest absolute Gasteiger partial charge is 0.225 e. The molecule has 0 bridgehead atoms. The first-order valence-electron chi connectivity index (χ1n) is 6.28. The maximum Gasteiger partial charge on any atom is 0.225 e. The van der Waals surface area contributed by atoms with Crippen LogP contribution in [0.25, 0.3) is 11.0 Å². The van der Waals surface area contributed by atoms with Gasteiger partial charge in [-0.1, -0.05) is 12.1 Å². The van der Waals surface area contributed by atoms with Gasteiger partial charge in [-0.25, -0.2) is 14.4 Å². The predicted molar refractivity (Wildman–Crippen MR) is 72.5 cm³/mol. The lowest BCUT2D eigenvalue weighted by Crippen LogP contribution is -2.03. The molecule has 0 saturated carbocycles. The van der Waals surface area contributed by atoms with Crippen molar-refractivity contribution in [3.8, 4) is 0 Å². The van der Waals surface area contributed by atoms with E-state index in [9.17, 15) is 8.78 Å². The molecule has 102 valence electrons. The van der Waals surface area contributed by atoms with Crippen LogP contribution in [0.2, 0.25) is 0 Å². The van der Waals surface area contributed by atoms with Crippen LogP contribution >= 0.6 is 0 Å². The molecule has 0 radical (unpaired) electrons. The van der Waals surface area contributed by atoms with Crippen molar-refractivity contribution in [2.45, 2.75) is 20.4 Å². The fraction of sp³-hybridized carbons (Fsp3) is 0.200. The molecule has 20 heavy (non-hydrogen) atoms. The van der Waals surface area contributed by atoms with Gasteiger partial charge in [-0.15, -0.1) is 0 Å². The third kappa shape index (κ3) is 1.95. The number of benzene rings is 1. The Hall–Kier alpha value is -2.30. The van der Waals surface area contributed by atoms with Crippen molar-refractivity contribution in [2.75, 3.05) is 0 Å². The van der Waals surface area contributed by atoms with Crippen LogP contribution in [0.1, 0.15) is 16.8 Å². The third-order valence-corrected chi connectivity index (χ3v) is 3.61. The molecule has 2 aromatic heterocycles. The molecule has 0 aliphatic heterocycles. The molecular formula is C15H13F2N3. The summed E-state index contributed by atoms with van der Waals surface area (Å²) in [6, 6.07) is 6.26. The molecule has 0 fully saturated rings. The van der Waals surface area contributed by atoms with Gasteiger partial charge in [0, 0.05) is 12.2 Å². The summed E-state index contributed by atoms with van der Waals surface area (Å²) in [5.74, 6) is -0.777. The van der Waals surface area contributed by atoms with Gasteiger partial charge in [0.1, 0.15) is 17.8 Å². The third-order valence-electron chi connectivity index (χ3n) is 3.61. The van der Waals surface area contributed by atoms with E-state index in [1.807, 2.05) is 18.4 Å². The minimum Gasteiger partial charge on any atom is -0.325 e. The maximum atomic E-state index is 13.8. The highest BCUT2D eigenvalue weighted by Crippen LogP contribution is 2.25. The second-order valence-corrected chi connectivity index (χ2v) is 4.79. The Bertz CT molecular complexity index is 776. The van der Waals surface area contributed by atoms with E-state index >= 15 is 0 Å². The Labute approximate surface area is 114 Å². The zero-order valence-electron chi connectivity index (χ0n) is 11.2. The van der Waals surface area contributed by atoms with Crippen molar-refractivity contribution in [3.63, 3.8) is 0 Å². The summed E-state index contributed by atoms with van der Waals surface area (Å²) in [6.07, 6.45) is 1.22. The van der Waals surface area contributed by atoms with E-state index < -0.39 is 5.95 Å². The number of fused-ring (bicyclic) bond motifs is 1. The molecule has 0 unspecified atom stereocenters. The van der Waals surface area contributed by atoms with Gasteiger partial charge in [-0.2, -0.15) is 4.39 Å². The van der Waals surface area contributed by atoms with E-state index in [1.54, 1.807) is 12.1 Å². The molecule has 0 atom stereocenters. The zero-order valence-corrected chi connectivity index (χ0v) is 11.2. The second kappa shape index (κ2) is 4.67. The predicted octanol–water partition coefficient (Wildman–Crippen LogP) is 3.37. The molecule has 1 aromatic carbocycles. The lowest BCUT2D eigenvalue weighted by Gasteiger charge is -2.08. The quantitative estimate of drug-likeness (QED) is 0.670. The molecule has 3 rings (SSSR count). The fourth-order valence-electron chi connectivity index (χ4n) is 2.39. The summed E-state index contributed by atoms with van der Waals surface area (Å²) in [6.45, 7) is 4.29. The normalized spacial score (nSPS) is 11.2. The Morgan fingerprint density at radius 1 is 1.05 bits per heavy atom. The van der Waals surface area contributed by atoms with Crippen LogP contribution in [0.15, 0.2) is 30.6 Å². The van der Waals surface area contributed by atoms with Gasteiger partial charge in [-0.05, 0) is 37.1 Å². The molecule has 0 N–H and O–H groups in total. The molecule has 0 spiro atoms. The number of rotatable bonds is 2. The second-order valence-electron chi connectivity index (χ2n) is 4.79. The highest BCUT2D eigenvalue weighted by molar-refractivity contribution is 5.81. The number of aryl methyl sites for hydroxylation is 1. The van der Waals surface area contributed by atoms with Crippen molar-refractivity contribution in [3.05, 3.63) is 59.2 Å². The van der Waals surface area contributed by atoms with E-state index in [-0.39, 0.29) is 5.82 Å².